The smallest absolute Gasteiger partial charge is 0.232 e. The van der Waals surface area contributed by atoms with Gasteiger partial charge in [0.15, 0.2) is 0 Å². The summed E-state index contributed by atoms with van der Waals surface area (Å²) in [7, 11) is 0. The van der Waals surface area contributed by atoms with Crippen LogP contribution in [0.5, 0.6) is 0 Å². The molecule has 2 aromatic rings. The zero-order valence-electron chi connectivity index (χ0n) is 14.6. The summed E-state index contributed by atoms with van der Waals surface area (Å²) in [5.41, 5.74) is 2.38. The molecule has 0 radical (unpaired) electrons. The van der Waals surface area contributed by atoms with Crippen LogP contribution in [-0.4, -0.2) is 16.3 Å². The summed E-state index contributed by atoms with van der Waals surface area (Å²) in [6, 6.07) is 5.58. The molecule has 0 saturated heterocycles. The van der Waals surface area contributed by atoms with Crippen molar-refractivity contribution in [1.82, 2.24) is 5.16 Å². The van der Waals surface area contributed by atoms with Gasteiger partial charge in [-0.3, -0.25) is 4.79 Å². The second kappa shape index (κ2) is 8.08. The standard InChI is InChI=1S/C18H23ClN2O2S/c1-6-14(17-11(4)21-23-12(17)5)18(22)20-15-9-13(19)7-8-16(15)24-10(2)3/h7-10,14H,6H2,1-5H3,(H,20,22). The summed E-state index contributed by atoms with van der Waals surface area (Å²) < 4.78 is 5.22. The summed E-state index contributed by atoms with van der Waals surface area (Å²) in [5.74, 6) is 0.323. The number of benzene rings is 1. The second-order valence-electron chi connectivity index (χ2n) is 6.00. The van der Waals surface area contributed by atoms with Crippen LogP contribution in [0.2, 0.25) is 5.02 Å². The molecule has 24 heavy (non-hydrogen) atoms. The van der Waals surface area contributed by atoms with Crippen LogP contribution in [-0.2, 0) is 4.79 Å². The molecule has 0 bridgehead atoms. The van der Waals surface area contributed by atoms with Gasteiger partial charge in [-0.1, -0.05) is 37.5 Å². The topological polar surface area (TPSA) is 55.1 Å². The van der Waals surface area contributed by atoms with Crippen LogP contribution in [0, 0.1) is 13.8 Å². The van der Waals surface area contributed by atoms with Gasteiger partial charge in [-0.15, -0.1) is 11.8 Å². The van der Waals surface area contributed by atoms with Crippen molar-refractivity contribution in [3.05, 3.63) is 40.2 Å². The number of aryl methyl sites for hydroxylation is 2. The summed E-state index contributed by atoms with van der Waals surface area (Å²) in [6.45, 7) is 9.91. The normalized spacial score (nSPS) is 12.5. The molecule has 1 heterocycles. The van der Waals surface area contributed by atoms with Crippen molar-refractivity contribution >= 4 is 35.0 Å². The molecule has 0 aliphatic carbocycles. The van der Waals surface area contributed by atoms with Gasteiger partial charge in [-0.2, -0.15) is 0 Å². The van der Waals surface area contributed by atoms with Crippen LogP contribution in [0.25, 0.3) is 0 Å². The van der Waals surface area contributed by atoms with Crippen molar-refractivity contribution in [3.63, 3.8) is 0 Å². The lowest BCUT2D eigenvalue weighted by Gasteiger charge is -2.18. The van der Waals surface area contributed by atoms with Gasteiger partial charge < -0.3 is 9.84 Å². The Morgan fingerprint density at radius 2 is 2.08 bits per heavy atom. The first-order valence-electron chi connectivity index (χ1n) is 8.03. The molecule has 1 amide bonds. The fourth-order valence-corrected chi connectivity index (χ4v) is 3.75. The molecule has 0 aliphatic rings. The zero-order chi connectivity index (χ0) is 17.9. The van der Waals surface area contributed by atoms with Gasteiger partial charge in [0.25, 0.3) is 0 Å². The van der Waals surface area contributed by atoms with E-state index in [1.807, 2.05) is 32.9 Å². The van der Waals surface area contributed by atoms with E-state index in [0.29, 0.717) is 22.5 Å². The van der Waals surface area contributed by atoms with E-state index >= 15 is 0 Å². The lowest BCUT2D eigenvalue weighted by atomic mass is 9.94. The summed E-state index contributed by atoms with van der Waals surface area (Å²) in [4.78, 5) is 13.9. The maximum absolute atomic E-state index is 12.9. The number of carbonyl (C=O) groups excluding carboxylic acids is 1. The van der Waals surface area contributed by atoms with Crippen LogP contribution in [0.15, 0.2) is 27.6 Å². The average Bonchev–Trinajstić information content (AvgIpc) is 2.83. The van der Waals surface area contributed by atoms with Gasteiger partial charge in [0.2, 0.25) is 5.91 Å². The average molecular weight is 367 g/mol. The van der Waals surface area contributed by atoms with Crippen LogP contribution in [0.4, 0.5) is 5.69 Å². The molecular weight excluding hydrogens is 344 g/mol. The molecule has 1 N–H and O–H groups in total. The molecule has 130 valence electrons. The van der Waals surface area contributed by atoms with Crippen molar-refractivity contribution in [3.8, 4) is 0 Å². The van der Waals surface area contributed by atoms with Crippen LogP contribution in [0.1, 0.15) is 50.1 Å². The van der Waals surface area contributed by atoms with Crippen LogP contribution >= 0.6 is 23.4 Å². The minimum atomic E-state index is -0.299. The molecule has 6 heteroatoms. The number of hydrogen-bond acceptors (Lipinski definition) is 4. The summed E-state index contributed by atoms with van der Waals surface area (Å²) in [5, 5.41) is 8.01. The highest BCUT2D eigenvalue weighted by Crippen LogP contribution is 2.34. The Kier molecular flexibility index (Phi) is 6.35. The quantitative estimate of drug-likeness (QED) is 0.678. The van der Waals surface area contributed by atoms with Crippen molar-refractivity contribution in [2.45, 2.75) is 57.1 Å². The van der Waals surface area contributed by atoms with Gasteiger partial charge in [0, 0.05) is 20.7 Å². The Morgan fingerprint density at radius 1 is 1.38 bits per heavy atom. The van der Waals surface area contributed by atoms with Crippen molar-refractivity contribution in [2.24, 2.45) is 0 Å². The lowest BCUT2D eigenvalue weighted by Crippen LogP contribution is -2.22. The fraction of sp³-hybridized carbons (Fsp3) is 0.444. The number of amides is 1. The zero-order valence-corrected chi connectivity index (χ0v) is 16.2. The third-order valence-electron chi connectivity index (χ3n) is 3.72. The number of nitrogens with one attached hydrogen (secondary N) is 1. The first-order valence-corrected chi connectivity index (χ1v) is 9.29. The second-order valence-corrected chi connectivity index (χ2v) is 8.05. The number of halogens is 1. The lowest BCUT2D eigenvalue weighted by molar-refractivity contribution is -0.117. The highest BCUT2D eigenvalue weighted by atomic mass is 35.5. The van der Waals surface area contributed by atoms with E-state index in [9.17, 15) is 4.79 Å². The highest BCUT2D eigenvalue weighted by molar-refractivity contribution is 8.00. The van der Waals surface area contributed by atoms with E-state index in [2.05, 4.69) is 24.3 Å². The number of aromatic nitrogens is 1. The predicted octanol–water partition coefficient (Wildman–Crippen LogP) is 5.58. The van der Waals surface area contributed by atoms with E-state index in [1.54, 1.807) is 17.8 Å². The molecule has 0 fully saturated rings. The largest absolute Gasteiger partial charge is 0.361 e. The molecule has 1 aromatic heterocycles. The van der Waals surface area contributed by atoms with E-state index in [4.69, 9.17) is 16.1 Å². The van der Waals surface area contributed by atoms with Gasteiger partial charge in [0.05, 0.1) is 17.3 Å². The van der Waals surface area contributed by atoms with Gasteiger partial charge in [-0.25, -0.2) is 0 Å². The Balaban J connectivity index is 2.29. The first-order chi connectivity index (χ1) is 11.3. The molecule has 0 aliphatic heterocycles. The molecule has 1 unspecified atom stereocenters. The number of carbonyl (C=O) groups is 1. The predicted molar refractivity (Wildman–Crippen MR) is 100 cm³/mol. The monoisotopic (exact) mass is 366 g/mol. The van der Waals surface area contributed by atoms with Crippen molar-refractivity contribution < 1.29 is 9.32 Å². The SMILES string of the molecule is CCC(C(=O)Nc1cc(Cl)ccc1SC(C)C)c1c(C)noc1C. The number of thioether (sulfide) groups is 1. The van der Waals surface area contributed by atoms with Crippen LogP contribution < -0.4 is 5.32 Å². The third-order valence-corrected chi connectivity index (χ3v) is 5.04. The van der Waals surface area contributed by atoms with E-state index in [-0.39, 0.29) is 11.8 Å². The molecule has 2 rings (SSSR count). The molecule has 1 aromatic carbocycles. The Bertz CT molecular complexity index is 708. The van der Waals surface area contributed by atoms with Crippen molar-refractivity contribution in [2.75, 3.05) is 5.32 Å². The van der Waals surface area contributed by atoms with Gasteiger partial charge in [-0.05, 0) is 38.5 Å². The summed E-state index contributed by atoms with van der Waals surface area (Å²) >= 11 is 7.81. The number of hydrogen-bond donors (Lipinski definition) is 1. The van der Waals surface area contributed by atoms with Crippen molar-refractivity contribution in [1.29, 1.82) is 0 Å². The van der Waals surface area contributed by atoms with E-state index in [0.717, 1.165) is 21.8 Å². The van der Waals surface area contributed by atoms with E-state index < -0.39 is 0 Å². The third kappa shape index (κ3) is 4.33. The summed E-state index contributed by atoms with van der Waals surface area (Å²) in [6.07, 6.45) is 0.669. The maximum atomic E-state index is 12.9. The number of anilines is 1. The first kappa shape index (κ1) is 18.9. The molecular formula is C18H23ClN2O2S. The Labute approximate surface area is 152 Å². The minimum Gasteiger partial charge on any atom is -0.361 e. The molecule has 0 spiro atoms. The van der Waals surface area contributed by atoms with Crippen LogP contribution in [0.3, 0.4) is 0 Å². The Morgan fingerprint density at radius 3 is 2.62 bits per heavy atom. The molecule has 0 saturated carbocycles. The number of rotatable bonds is 6. The van der Waals surface area contributed by atoms with Gasteiger partial charge in [0.1, 0.15) is 5.76 Å². The Hall–Kier alpha value is -1.46. The number of nitrogens with zero attached hydrogens (tertiary/aromatic N) is 1. The van der Waals surface area contributed by atoms with E-state index in [1.165, 1.54) is 0 Å². The van der Waals surface area contributed by atoms with Gasteiger partial charge >= 0.3 is 0 Å². The molecule has 4 nitrogen and oxygen atoms in total. The minimum absolute atomic E-state index is 0.0697. The molecule has 1 atom stereocenters. The maximum Gasteiger partial charge on any atom is 0.232 e. The fourth-order valence-electron chi connectivity index (χ4n) is 2.68. The highest BCUT2D eigenvalue weighted by Gasteiger charge is 2.26.